The lowest BCUT2D eigenvalue weighted by atomic mass is 10.2. The van der Waals surface area contributed by atoms with Gasteiger partial charge in [-0.1, -0.05) is 12.1 Å². The molecule has 0 saturated heterocycles. The Balaban J connectivity index is 2.11. The molecule has 0 spiro atoms. The molecule has 0 radical (unpaired) electrons. The predicted octanol–water partition coefficient (Wildman–Crippen LogP) is 3.60. The van der Waals surface area contributed by atoms with E-state index >= 15 is 0 Å². The molecule has 2 aromatic rings. The minimum Gasteiger partial charge on any atom is -0.493 e. The van der Waals surface area contributed by atoms with Crippen LogP contribution in [0.25, 0.3) is 0 Å². The minimum absolute atomic E-state index is 0.584. The number of ether oxygens (including phenoxy) is 4. The van der Waals surface area contributed by atoms with Crippen molar-refractivity contribution in [2.45, 2.75) is 0 Å². The molecule has 0 aliphatic carbocycles. The van der Waals surface area contributed by atoms with Crippen molar-refractivity contribution in [1.29, 1.82) is 0 Å². The third kappa shape index (κ3) is 1.54. The first-order valence-corrected chi connectivity index (χ1v) is 5.53. The number of methoxy groups -OCH3 is 2. The van der Waals surface area contributed by atoms with Gasteiger partial charge in [0, 0.05) is 0 Å². The summed E-state index contributed by atoms with van der Waals surface area (Å²) in [6.07, 6.45) is 0. The van der Waals surface area contributed by atoms with Crippen molar-refractivity contribution in [3.8, 4) is 34.5 Å². The largest absolute Gasteiger partial charge is 0.493 e. The fourth-order valence-corrected chi connectivity index (χ4v) is 1.89. The number of para-hydroxylation sites is 2. The predicted molar refractivity (Wildman–Crippen MR) is 66.1 cm³/mol. The molecule has 18 heavy (non-hydrogen) atoms. The van der Waals surface area contributed by atoms with Crippen molar-refractivity contribution in [1.82, 2.24) is 0 Å². The maximum absolute atomic E-state index is 5.81. The summed E-state index contributed by atoms with van der Waals surface area (Å²) in [5.74, 6) is 3.68. The van der Waals surface area contributed by atoms with E-state index in [9.17, 15) is 0 Å². The Hall–Kier alpha value is -2.36. The summed E-state index contributed by atoms with van der Waals surface area (Å²) in [6.45, 7) is 0. The average Bonchev–Trinajstić information content (AvgIpc) is 2.43. The summed E-state index contributed by atoms with van der Waals surface area (Å²) in [6, 6.07) is 11.0. The summed E-state index contributed by atoms with van der Waals surface area (Å²) >= 11 is 0. The molecule has 1 heterocycles. The zero-order valence-corrected chi connectivity index (χ0v) is 10.1. The monoisotopic (exact) mass is 244 g/mol. The highest BCUT2D eigenvalue weighted by molar-refractivity contribution is 5.63. The quantitative estimate of drug-likeness (QED) is 0.690. The van der Waals surface area contributed by atoms with Gasteiger partial charge in [-0.2, -0.15) is 0 Å². The van der Waals surface area contributed by atoms with Gasteiger partial charge in [-0.15, -0.1) is 0 Å². The van der Waals surface area contributed by atoms with E-state index < -0.39 is 0 Å². The standard InChI is InChI=1S/C14H12O4/c1-15-9-5-3-7-11-13(9)17-12-8-4-6-10(16-2)14(12)18-11/h3-8H,1-2H3. The molecular formula is C14H12O4. The molecule has 0 fully saturated rings. The third-order valence-corrected chi connectivity index (χ3v) is 2.75. The molecule has 0 aromatic heterocycles. The van der Waals surface area contributed by atoms with Crippen LogP contribution in [0.3, 0.4) is 0 Å². The van der Waals surface area contributed by atoms with Crippen LogP contribution in [-0.2, 0) is 0 Å². The van der Waals surface area contributed by atoms with Gasteiger partial charge in [-0.05, 0) is 24.3 Å². The van der Waals surface area contributed by atoms with Crippen LogP contribution in [0.4, 0.5) is 0 Å². The van der Waals surface area contributed by atoms with Gasteiger partial charge in [0.2, 0.25) is 11.5 Å². The van der Waals surface area contributed by atoms with Crippen LogP contribution in [0.15, 0.2) is 36.4 Å². The number of rotatable bonds is 2. The molecule has 0 bridgehead atoms. The first kappa shape index (κ1) is 10.8. The Morgan fingerprint density at radius 3 is 1.56 bits per heavy atom. The third-order valence-electron chi connectivity index (χ3n) is 2.75. The van der Waals surface area contributed by atoms with Crippen LogP contribution in [0.2, 0.25) is 0 Å². The minimum atomic E-state index is 0.584. The van der Waals surface area contributed by atoms with Crippen LogP contribution in [0, 0.1) is 0 Å². The van der Waals surface area contributed by atoms with Gasteiger partial charge in [-0.3, -0.25) is 0 Å². The molecule has 92 valence electrons. The van der Waals surface area contributed by atoms with Crippen molar-refractivity contribution in [2.24, 2.45) is 0 Å². The van der Waals surface area contributed by atoms with Gasteiger partial charge < -0.3 is 18.9 Å². The van der Waals surface area contributed by atoms with Gasteiger partial charge in [0.25, 0.3) is 0 Å². The van der Waals surface area contributed by atoms with Crippen molar-refractivity contribution >= 4 is 0 Å². The second-order valence-electron chi connectivity index (χ2n) is 3.78. The van der Waals surface area contributed by atoms with E-state index in [2.05, 4.69) is 0 Å². The first-order chi connectivity index (χ1) is 8.83. The van der Waals surface area contributed by atoms with E-state index in [0.717, 1.165) is 0 Å². The highest BCUT2D eigenvalue weighted by atomic mass is 16.6. The van der Waals surface area contributed by atoms with E-state index in [-0.39, 0.29) is 0 Å². The maximum atomic E-state index is 5.81. The first-order valence-electron chi connectivity index (χ1n) is 5.53. The molecule has 0 N–H and O–H groups in total. The molecule has 4 nitrogen and oxygen atoms in total. The van der Waals surface area contributed by atoms with Crippen molar-refractivity contribution < 1.29 is 18.9 Å². The summed E-state index contributed by atoms with van der Waals surface area (Å²) in [7, 11) is 3.19. The molecule has 2 aromatic carbocycles. The number of hydrogen-bond donors (Lipinski definition) is 0. The fraction of sp³-hybridized carbons (Fsp3) is 0.143. The average molecular weight is 244 g/mol. The summed E-state index contributed by atoms with van der Waals surface area (Å²) in [5.41, 5.74) is 0. The lowest BCUT2D eigenvalue weighted by Crippen LogP contribution is -2.02. The fourth-order valence-electron chi connectivity index (χ4n) is 1.89. The normalized spacial score (nSPS) is 11.7. The molecule has 1 aliphatic heterocycles. The highest BCUT2D eigenvalue weighted by Gasteiger charge is 2.24. The Kier molecular flexibility index (Phi) is 2.48. The lowest BCUT2D eigenvalue weighted by molar-refractivity contribution is 0.311. The van der Waals surface area contributed by atoms with Gasteiger partial charge in [0.15, 0.2) is 23.0 Å². The van der Waals surface area contributed by atoms with Crippen LogP contribution in [0.5, 0.6) is 34.5 Å². The number of hydrogen-bond acceptors (Lipinski definition) is 4. The topological polar surface area (TPSA) is 36.9 Å². The van der Waals surface area contributed by atoms with Gasteiger partial charge in [-0.25, -0.2) is 0 Å². The molecule has 0 atom stereocenters. The molecule has 1 aliphatic rings. The van der Waals surface area contributed by atoms with E-state index in [1.165, 1.54) is 0 Å². The Morgan fingerprint density at radius 2 is 1.17 bits per heavy atom. The van der Waals surface area contributed by atoms with Gasteiger partial charge in [0.1, 0.15) is 0 Å². The molecule has 0 saturated carbocycles. The summed E-state index contributed by atoms with van der Waals surface area (Å²) in [5, 5.41) is 0. The van der Waals surface area contributed by atoms with E-state index in [1.807, 2.05) is 36.4 Å². The Morgan fingerprint density at radius 1 is 0.722 bits per heavy atom. The molecule has 0 amide bonds. The smallest absolute Gasteiger partial charge is 0.211 e. The molecular weight excluding hydrogens is 232 g/mol. The number of benzene rings is 2. The Bertz CT molecular complexity index is 539. The number of fused-ring (bicyclic) bond motifs is 2. The molecule has 3 rings (SSSR count). The van der Waals surface area contributed by atoms with Crippen molar-refractivity contribution in [3.63, 3.8) is 0 Å². The highest BCUT2D eigenvalue weighted by Crippen LogP contribution is 2.52. The second kappa shape index (κ2) is 4.14. The van der Waals surface area contributed by atoms with Gasteiger partial charge >= 0.3 is 0 Å². The Labute approximate surface area is 105 Å². The van der Waals surface area contributed by atoms with Crippen LogP contribution >= 0.6 is 0 Å². The second-order valence-corrected chi connectivity index (χ2v) is 3.78. The lowest BCUT2D eigenvalue weighted by Gasteiger charge is -2.23. The molecule has 4 heteroatoms. The van der Waals surface area contributed by atoms with Crippen LogP contribution in [-0.4, -0.2) is 14.2 Å². The van der Waals surface area contributed by atoms with Crippen molar-refractivity contribution in [3.05, 3.63) is 36.4 Å². The van der Waals surface area contributed by atoms with Crippen molar-refractivity contribution in [2.75, 3.05) is 14.2 Å². The van der Waals surface area contributed by atoms with E-state index in [4.69, 9.17) is 18.9 Å². The summed E-state index contributed by atoms with van der Waals surface area (Å²) in [4.78, 5) is 0. The summed E-state index contributed by atoms with van der Waals surface area (Å²) < 4.78 is 22.1. The maximum Gasteiger partial charge on any atom is 0.211 e. The van der Waals surface area contributed by atoms with Crippen LogP contribution < -0.4 is 18.9 Å². The zero-order valence-electron chi connectivity index (χ0n) is 10.1. The van der Waals surface area contributed by atoms with E-state index in [1.54, 1.807) is 14.2 Å². The van der Waals surface area contributed by atoms with Crippen LogP contribution in [0.1, 0.15) is 0 Å². The molecule has 0 unspecified atom stereocenters. The van der Waals surface area contributed by atoms with Gasteiger partial charge in [0.05, 0.1) is 14.2 Å². The SMILES string of the molecule is COc1cccc2c1Oc1cccc(OC)c1O2. The van der Waals surface area contributed by atoms with E-state index in [0.29, 0.717) is 34.5 Å². The zero-order chi connectivity index (χ0) is 12.5.